The fourth-order valence-electron chi connectivity index (χ4n) is 2.21. The van der Waals surface area contributed by atoms with Crippen LogP contribution in [0.25, 0.3) is 5.78 Å². The molecule has 2 heterocycles. The molecule has 0 unspecified atom stereocenters. The highest BCUT2D eigenvalue weighted by Gasteiger charge is 2.13. The molecule has 8 heteroatoms. The minimum atomic E-state index is -0.141. The van der Waals surface area contributed by atoms with Crippen LogP contribution in [-0.4, -0.2) is 39.1 Å². The molecule has 0 aliphatic carbocycles. The van der Waals surface area contributed by atoms with Gasteiger partial charge in [-0.15, -0.1) is 0 Å². The van der Waals surface area contributed by atoms with Gasteiger partial charge in [0.25, 0.3) is 5.78 Å². The Morgan fingerprint density at radius 2 is 2.09 bits per heavy atom. The van der Waals surface area contributed by atoms with E-state index >= 15 is 0 Å². The van der Waals surface area contributed by atoms with Gasteiger partial charge in [0.15, 0.2) is 0 Å². The summed E-state index contributed by atoms with van der Waals surface area (Å²) in [5.41, 5.74) is 1.51. The number of fused-ring (bicyclic) bond motifs is 1. The zero-order valence-electron chi connectivity index (χ0n) is 12.7. The number of carbonyl (C=O) groups excluding carboxylic acids is 1. The van der Waals surface area contributed by atoms with Crippen LogP contribution in [0.4, 0.5) is 11.5 Å². The smallest absolute Gasteiger partial charge is 0.254 e. The summed E-state index contributed by atoms with van der Waals surface area (Å²) in [5, 5.41) is 7.59. The summed E-state index contributed by atoms with van der Waals surface area (Å²) < 4.78 is 1.60. The Hall–Kier alpha value is -2.67. The molecule has 3 aromatic rings. The third-order valence-electron chi connectivity index (χ3n) is 3.26. The lowest BCUT2D eigenvalue weighted by Gasteiger charge is -2.19. The van der Waals surface area contributed by atoms with Crippen molar-refractivity contribution in [3.05, 3.63) is 47.4 Å². The molecule has 7 nitrogen and oxygen atoms in total. The van der Waals surface area contributed by atoms with Crippen molar-refractivity contribution in [2.75, 3.05) is 23.8 Å². The highest BCUT2D eigenvalue weighted by molar-refractivity contribution is 6.30. The van der Waals surface area contributed by atoms with E-state index in [0.717, 1.165) is 11.5 Å². The second-order valence-electron chi connectivity index (χ2n) is 5.14. The maximum absolute atomic E-state index is 12.2. The highest BCUT2D eigenvalue weighted by Crippen LogP contribution is 2.16. The standard InChI is InChI=1S/C15H15ClN6O/c1-10-7-14(22-15(19-10)17-9-18-22)21(2)8-13(23)20-12-5-3-11(16)4-6-12/h3-7,9H,8H2,1-2H3,(H,20,23). The van der Waals surface area contributed by atoms with Gasteiger partial charge in [-0.3, -0.25) is 4.79 Å². The molecule has 118 valence electrons. The molecule has 0 radical (unpaired) electrons. The molecule has 0 fully saturated rings. The summed E-state index contributed by atoms with van der Waals surface area (Å²) in [5.74, 6) is 1.11. The number of likely N-dealkylation sites (N-methyl/N-ethyl adjacent to an activating group) is 1. The van der Waals surface area contributed by atoms with Crippen LogP contribution in [0.1, 0.15) is 5.69 Å². The summed E-state index contributed by atoms with van der Waals surface area (Å²) in [4.78, 5) is 22.3. The van der Waals surface area contributed by atoms with Crippen LogP contribution in [-0.2, 0) is 4.79 Å². The minimum Gasteiger partial charge on any atom is -0.350 e. The van der Waals surface area contributed by atoms with Crippen LogP contribution >= 0.6 is 11.6 Å². The molecule has 2 aromatic heterocycles. The predicted molar refractivity (Wildman–Crippen MR) is 88.9 cm³/mol. The number of aryl methyl sites for hydroxylation is 1. The molecule has 0 atom stereocenters. The molecule has 23 heavy (non-hydrogen) atoms. The maximum Gasteiger partial charge on any atom is 0.254 e. The van der Waals surface area contributed by atoms with Gasteiger partial charge < -0.3 is 10.2 Å². The Kier molecular flexibility index (Phi) is 4.12. The fraction of sp³-hybridized carbons (Fsp3) is 0.200. The summed E-state index contributed by atoms with van der Waals surface area (Å²) in [6.07, 6.45) is 1.44. The Labute approximate surface area is 137 Å². The lowest BCUT2D eigenvalue weighted by Crippen LogP contribution is -2.31. The topological polar surface area (TPSA) is 75.4 Å². The van der Waals surface area contributed by atoms with Crippen molar-refractivity contribution >= 4 is 34.8 Å². The SMILES string of the molecule is Cc1cc(N(C)CC(=O)Nc2ccc(Cl)cc2)n2ncnc2n1. The van der Waals surface area contributed by atoms with Gasteiger partial charge in [-0.25, -0.2) is 4.98 Å². The van der Waals surface area contributed by atoms with Gasteiger partial charge in [-0.1, -0.05) is 11.6 Å². The summed E-state index contributed by atoms with van der Waals surface area (Å²) in [6.45, 7) is 2.04. The number of benzene rings is 1. The maximum atomic E-state index is 12.2. The second kappa shape index (κ2) is 6.21. The first-order chi connectivity index (χ1) is 11.0. The first-order valence-corrected chi connectivity index (χ1v) is 7.34. The van der Waals surface area contributed by atoms with E-state index in [2.05, 4.69) is 20.4 Å². The van der Waals surface area contributed by atoms with Crippen molar-refractivity contribution in [3.63, 3.8) is 0 Å². The van der Waals surface area contributed by atoms with Gasteiger partial charge in [0, 0.05) is 29.5 Å². The number of rotatable bonds is 4. The van der Waals surface area contributed by atoms with Gasteiger partial charge >= 0.3 is 0 Å². The molecular formula is C15H15ClN6O. The second-order valence-corrected chi connectivity index (χ2v) is 5.58. The number of hydrogen-bond donors (Lipinski definition) is 1. The van der Waals surface area contributed by atoms with Gasteiger partial charge in [-0.05, 0) is 31.2 Å². The number of aromatic nitrogens is 4. The molecule has 1 aromatic carbocycles. The van der Waals surface area contributed by atoms with Crippen LogP contribution in [0, 0.1) is 6.92 Å². The molecule has 0 aliphatic rings. The molecule has 0 bridgehead atoms. The first kappa shape index (κ1) is 15.2. The normalized spacial score (nSPS) is 10.7. The summed E-state index contributed by atoms with van der Waals surface area (Å²) in [7, 11) is 1.82. The number of nitrogens with zero attached hydrogens (tertiary/aromatic N) is 5. The van der Waals surface area contributed by atoms with Crippen LogP contribution in [0.5, 0.6) is 0 Å². The van der Waals surface area contributed by atoms with Crippen LogP contribution in [0.2, 0.25) is 5.02 Å². The molecule has 0 spiro atoms. The number of amides is 1. The monoisotopic (exact) mass is 330 g/mol. The van der Waals surface area contributed by atoms with Crippen molar-refractivity contribution in [3.8, 4) is 0 Å². The van der Waals surface area contributed by atoms with Crippen LogP contribution < -0.4 is 10.2 Å². The van der Waals surface area contributed by atoms with Gasteiger partial charge in [0.05, 0.1) is 6.54 Å². The predicted octanol–water partition coefficient (Wildman–Crippen LogP) is 2.16. The highest BCUT2D eigenvalue weighted by atomic mass is 35.5. The van der Waals surface area contributed by atoms with Gasteiger partial charge in [-0.2, -0.15) is 14.6 Å². The first-order valence-electron chi connectivity index (χ1n) is 6.97. The van der Waals surface area contributed by atoms with E-state index in [4.69, 9.17) is 11.6 Å². The van der Waals surface area contributed by atoms with E-state index in [9.17, 15) is 4.79 Å². The van der Waals surface area contributed by atoms with Crippen molar-refractivity contribution in [2.45, 2.75) is 6.92 Å². The van der Waals surface area contributed by atoms with Gasteiger partial charge in [0.2, 0.25) is 5.91 Å². The Bertz CT molecular complexity index is 845. The van der Waals surface area contributed by atoms with Crippen molar-refractivity contribution in [1.82, 2.24) is 19.6 Å². The van der Waals surface area contributed by atoms with E-state index in [0.29, 0.717) is 16.5 Å². The van der Waals surface area contributed by atoms with Gasteiger partial charge in [0.1, 0.15) is 12.1 Å². The van der Waals surface area contributed by atoms with E-state index in [1.807, 2.05) is 20.0 Å². The van der Waals surface area contributed by atoms with Crippen molar-refractivity contribution < 1.29 is 4.79 Å². The molecule has 1 N–H and O–H groups in total. The number of halogens is 1. The van der Waals surface area contributed by atoms with E-state index in [1.165, 1.54) is 6.33 Å². The third-order valence-corrected chi connectivity index (χ3v) is 3.51. The Morgan fingerprint density at radius 1 is 1.35 bits per heavy atom. The Morgan fingerprint density at radius 3 is 2.83 bits per heavy atom. The zero-order valence-corrected chi connectivity index (χ0v) is 13.4. The van der Waals surface area contributed by atoms with E-state index < -0.39 is 0 Å². The minimum absolute atomic E-state index is 0.141. The van der Waals surface area contributed by atoms with Crippen molar-refractivity contribution in [2.24, 2.45) is 0 Å². The molecule has 0 saturated heterocycles. The molecular weight excluding hydrogens is 316 g/mol. The van der Waals surface area contributed by atoms with Crippen molar-refractivity contribution in [1.29, 1.82) is 0 Å². The summed E-state index contributed by atoms with van der Waals surface area (Å²) in [6, 6.07) is 8.83. The average molecular weight is 331 g/mol. The third kappa shape index (κ3) is 3.40. The van der Waals surface area contributed by atoms with Crippen LogP contribution in [0.15, 0.2) is 36.7 Å². The number of anilines is 2. The van der Waals surface area contributed by atoms with E-state index in [-0.39, 0.29) is 12.5 Å². The van der Waals surface area contributed by atoms with Crippen LogP contribution in [0.3, 0.4) is 0 Å². The number of hydrogen-bond acceptors (Lipinski definition) is 5. The quantitative estimate of drug-likeness (QED) is 0.793. The lowest BCUT2D eigenvalue weighted by atomic mass is 10.3. The summed E-state index contributed by atoms with van der Waals surface area (Å²) >= 11 is 5.83. The average Bonchev–Trinajstić information content (AvgIpc) is 2.96. The molecule has 0 saturated carbocycles. The zero-order chi connectivity index (χ0) is 16.4. The lowest BCUT2D eigenvalue weighted by molar-refractivity contribution is -0.114. The Balaban J connectivity index is 1.75. The molecule has 3 rings (SSSR count). The largest absolute Gasteiger partial charge is 0.350 e. The fourth-order valence-corrected chi connectivity index (χ4v) is 2.34. The molecule has 0 aliphatic heterocycles. The number of nitrogens with one attached hydrogen (secondary N) is 1. The molecule has 1 amide bonds. The van der Waals surface area contributed by atoms with E-state index in [1.54, 1.807) is 33.7 Å². The number of carbonyl (C=O) groups is 1.